The molecule has 0 saturated carbocycles. The molecule has 0 spiro atoms. The van der Waals surface area contributed by atoms with Crippen molar-refractivity contribution in [2.75, 3.05) is 12.9 Å². The number of halogens is 2. The summed E-state index contributed by atoms with van der Waals surface area (Å²) >= 11 is 9.15. The van der Waals surface area contributed by atoms with Gasteiger partial charge in [-0.2, -0.15) is 0 Å². The van der Waals surface area contributed by atoms with Crippen molar-refractivity contribution >= 4 is 33.4 Å². The molecule has 0 N–H and O–H groups in total. The minimum absolute atomic E-state index is 0.00347. The largest absolute Gasteiger partial charge is 0.338 e. The van der Waals surface area contributed by atoms with Gasteiger partial charge in [-0.1, -0.05) is 15.9 Å². The van der Waals surface area contributed by atoms with Gasteiger partial charge in [0.1, 0.15) is 0 Å². The monoisotopic (exact) mass is 303 g/mol. The summed E-state index contributed by atoms with van der Waals surface area (Å²) in [5.41, 5.74) is 1.75. The van der Waals surface area contributed by atoms with Crippen LogP contribution < -0.4 is 0 Å². The Morgan fingerprint density at radius 1 is 1.56 bits per heavy atom. The second-order valence-electron chi connectivity index (χ2n) is 3.88. The maximum Gasteiger partial charge on any atom is 0.253 e. The maximum atomic E-state index is 12.1. The third kappa shape index (κ3) is 2.98. The third-order valence-corrected chi connectivity index (χ3v) is 3.95. The highest BCUT2D eigenvalue weighted by atomic mass is 79.9. The summed E-state index contributed by atoms with van der Waals surface area (Å²) in [6.07, 6.45) is 0. The van der Waals surface area contributed by atoms with E-state index >= 15 is 0 Å². The van der Waals surface area contributed by atoms with Crippen LogP contribution in [0.4, 0.5) is 0 Å². The lowest BCUT2D eigenvalue weighted by atomic mass is 10.1. The van der Waals surface area contributed by atoms with E-state index in [4.69, 9.17) is 11.6 Å². The van der Waals surface area contributed by atoms with Crippen LogP contribution >= 0.6 is 27.5 Å². The number of hydrogen-bond acceptors (Lipinski definition) is 1. The average molecular weight is 305 g/mol. The number of aryl methyl sites for hydroxylation is 1. The number of carbonyl (C=O) groups excluding carboxylic acids is 1. The number of hydrogen-bond donors (Lipinski definition) is 0. The molecule has 4 heteroatoms. The van der Waals surface area contributed by atoms with Crippen LogP contribution in [-0.2, 0) is 0 Å². The van der Waals surface area contributed by atoms with Gasteiger partial charge in [0.25, 0.3) is 5.91 Å². The average Bonchev–Trinajstić information content (AvgIpc) is 2.29. The first-order valence-corrected chi connectivity index (χ1v) is 6.39. The normalized spacial score (nSPS) is 12.3. The Balaban J connectivity index is 2.92. The first kappa shape index (κ1) is 13.5. The van der Waals surface area contributed by atoms with E-state index < -0.39 is 0 Å². The summed E-state index contributed by atoms with van der Waals surface area (Å²) < 4.78 is 1.01. The number of benzene rings is 1. The van der Waals surface area contributed by atoms with E-state index in [-0.39, 0.29) is 11.9 Å². The summed E-state index contributed by atoms with van der Waals surface area (Å²) in [6, 6.07) is 5.63. The highest BCUT2D eigenvalue weighted by molar-refractivity contribution is 9.10. The van der Waals surface area contributed by atoms with Crippen LogP contribution in [0.2, 0.25) is 0 Å². The van der Waals surface area contributed by atoms with Crippen molar-refractivity contribution in [1.82, 2.24) is 4.90 Å². The fourth-order valence-corrected chi connectivity index (χ4v) is 1.74. The Morgan fingerprint density at radius 3 is 2.69 bits per heavy atom. The van der Waals surface area contributed by atoms with Crippen LogP contribution in [0.25, 0.3) is 0 Å². The van der Waals surface area contributed by atoms with Crippen molar-refractivity contribution in [1.29, 1.82) is 0 Å². The summed E-state index contributed by atoms with van der Waals surface area (Å²) in [4.78, 5) is 13.7. The fraction of sp³-hybridized carbons (Fsp3) is 0.417. The van der Waals surface area contributed by atoms with Crippen LogP contribution in [0, 0.1) is 6.92 Å². The zero-order valence-electron chi connectivity index (χ0n) is 9.63. The van der Waals surface area contributed by atoms with Gasteiger partial charge in [0, 0.05) is 29.0 Å². The van der Waals surface area contributed by atoms with Crippen molar-refractivity contribution in [2.24, 2.45) is 0 Å². The molecule has 1 unspecified atom stereocenters. The van der Waals surface area contributed by atoms with Gasteiger partial charge in [0.2, 0.25) is 0 Å². The molecule has 0 saturated heterocycles. The zero-order chi connectivity index (χ0) is 12.3. The van der Waals surface area contributed by atoms with Gasteiger partial charge < -0.3 is 4.90 Å². The summed E-state index contributed by atoms with van der Waals surface area (Å²) in [6.45, 7) is 3.89. The molecule has 0 aromatic heterocycles. The molecule has 88 valence electrons. The van der Waals surface area contributed by atoms with Crippen molar-refractivity contribution < 1.29 is 4.79 Å². The molecule has 0 aliphatic heterocycles. The quantitative estimate of drug-likeness (QED) is 0.783. The Hall–Kier alpha value is -0.540. The molecule has 1 atom stereocenters. The Bertz CT molecular complexity index is 395. The number of nitrogens with zero attached hydrogens (tertiary/aromatic N) is 1. The van der Waals surface area contributed by atoms with E-state index in [0.717, 1.165) is 10.0 Å². The Kier molecular flexibility index (Phi) is 4.81. The highest BCUT2D eigenvalue weighted by Gasteiger charge is 2.16. The predicted octanol–water partition coefficient (Wildman–Crippen LogP) is 3.46. The number of rotatable bonds is 3. The molecular weight excluding hydrogens is 289 g/mol. The van der Waals surface area contributed by atoms with E-state index in [1.165, 1.54) is 0 Å². The van der Waals surface area contributed by atoms with E-state index in [1.54, 1.807) is 11.9 Å². The summed E-state index contributed by atoms with van der Waals surface area (Å²) in [7, 11) is 1.77. The first-order chi connectivity index (χ1) is 7.47. The molecule has 0 fully saturated rings. The number of amides is 1. The van der Waals surface area contributed by atoms with E-state index in [9.17, 15) is 4.79 Å². The molecule has 1 rings (SSSR count). The van der Waals surface area contributed by atoms with Crippen molar-refractivity contribution in [3.05, 3.63) is 33.8 Å². The molecule has 2 nitrogen and oxygen atoms in total. The van der Waals surface area contributed by atoms with Gasteiger partial charge in [0.05, 0.1) is 0 Å². The van der Waals surface area contributed by atoms with E-state index in [2.05, 4.69) is 15.9 Å². The van der Waals surface area contributed by atoms with Gasteiger partial charge in [-0.15, -0.1) is 11.6 Å². The SMILES string of the molecule is Cc1cc(C(=O)N(C)C(C)CCl)ccc1Br. The highest BCUT2D eigenvalue weighted by Crippen LogP contribution is 2.18. The van der Waals surface area contributed by atoms with Crippen molar-refractivity contribution in [2.45, 2.75) is 19.9 Å². The van der Waals surface area contributed by atoms with E-state index in [0.29, 0.717) is 11.4 Å². The fourth-order valence-electron chi connectivity index (χ4n) is 1.29. The molecular formula is C12H15BrClNO. The van der Waals surface area contributed by atoms with Gasteiger partial charge >= 0.3 is 0 Å². The predicted molar refractivity (Wildman–Crippen MR) is 71.2 cm³/mol. The molecule has 0 aliphatic carbocycles. The minimum Gasteiger partial charge on any atom is -0.338 e. The van der Waals surface area contributed by atoms with Crippen LogP contribution in [0.5, 0.6) is 0 Å². The second-order valence-corrected chi connectivity index (χ2v) is 5.05. The standard InChI is InChI=1S/C12H15BrClNO/c1-8-6-10(4-5-11(8)13)12(16)15(3)9(2)7-14/h4-6,9H,7H2,1-3H3. The van der Waals surface area contributed by atoms with Crippen LogP contribution in [0.15, 0.2) is 22.7 Å². The number of alkyl halides is 1. The molecule has 0 bridgehead atoms. The first-order valence-electron chi connectivity index (χ1n) is 5.06. The Morgan fingerprint density at radius 2 is 2.19 bits per heavy atom. The van der Waals surface area contributed by atoms with Gasteiger partial charge in [0.15, 0.2) is 0 Å². The second kappa shape index (κ2) is 5.69. The molecule has 1 amide bonds. The van der Waals surface area contributed by atoms with Gasteiger partial charge in [-0.25, -0.2) is 0 Å². The van der Waals surface area contributed by atoms with Crippen molar-refractivity contribution in [3.63, 3.8) is 0 Å². The summed E-state index contributed by atoms with van der Waals surface area (Å²) in [5.74, 6) is 0.446. The maximum absolute atomic E-state index is 12.1. The molecule has 0 heterocycles. The topological polar surface area (TPSA) is 20.3 Å². The van der Waals surface area contributed by atoms with Gasteiger partial charge in [-0.05, 0) is 37.6 Å². The molecule has 1 aromatic rings. The Labute approximate surface area is 110 Å². The lowest BCUT2D eigenvalue weighted by Gasteiger charge is -2.23. The molecule has 1 aromatic carbocycles. The van der Waals surface area contributed by atoms with Crippen molar-refractivity contribution in [3.8, 4) is 0 Å². The third-order valence-electron chi connectivity index (χ3n) is 2.61. The molecule has 16 heavy (non-hydrogen) atoms. The van der Waals surface area contributed by atoms with Crippen LogP contribution in [0.3, 0.4) is 0 Å². The lowest BCUT2D eigenvalue weighted by Crippen LogP contribution is -2.36. The molecule has 0 radical (unpaired) electrons. The summed E-state index contributed by atoms with van der Waals surface area (Å²) in [5, 5.41) is 0. The lowest BCUT2D eigenvalue weighted by molar-refractivity contribution is 0.0756. The van der Waals surface area contributed by atoms with Crippen LogP contribution in [0.1, 0.15) is 22.8 Å². The smallest absolute Gasteiger partial charge is 0.253 e. The van der Waals surface area contributed by atoms with Gasteiger partial charge in [-0.3, -0.25) is 4.79 Å². The van der Waals surface area contributed by atoms with Crippen LogP contribution in [-0.4, -0.2) is 29.8 Å². The zero-order valence-corrected chi connectivity index (χ0v) is 12.0. The van der Waals surface area contributed by atoms with E-state index in [1.807, 2.05) is 32.0 Å². The number of carbonyl (C=O) groups is 1. The minimum atomic E-state index is 0.00347. The molecule has 0 aliphatic rings.